The number of halogens is 3. The smallest absolute Gasteiger partial charge is 0.199 e. The van der Waals surface area contributed by atoms with Gasteiger partial charge in [-0.1, -0.05) is 11.6 Å². The maximum Gasteiger partial charge on any atom is 0.199 e. The lowest BCUT2D eigenvalue weighted by Gasteiger charge is -2.07. The average molecular weight is 295 g/mol. The summed E-state index contributed by atoms with van der Waals surface area (Å²) in [4.78, 5) is 4.14. The van der Waals surface area contributed by atoms with Gasteiger partial charge in [-0.2, -0.15) is 0 Å². The largest absolute Gasteiger partial charge is 0.275 e. The topological polar surface area (TPSA) is 43.1 Å². The minimum absolute atomic E-state index is 0.198. The second-order valence-corrected chi connectivity index (χ2v) is 4.77. The Balaban J connectivity index is 2.37. The van der Waals surface area contributed by atoms with Gasteiger partial charge in [-0.05, 0) is 26.0 Å². The van der Waals surface area contributed by atoms with E-state index in [0.717, 1.165) is 11.8 Å². The number of nitrogens with zero attached hydrogens (tertiary/aromatic N) is 4. The third-order valence-electron chi connectivity index (χ3n) is 3.09. The third kappa shape index (κ3) is 1.92. The summed E-state index contributed by atoms with van der Waals surface area (Å²) >= 11 is 6.02. The first-order chi connectivity index (χ1) is 9.47. The van der Waals surface area contributed by atoms with Crippen LogP contribution < -0.4 is 0 Å². The van der Waals surface area contributed by atoms with Crippen LogP contribution in [0.2, 0.25) is 5.15 Å². The Labute approximate surface area is 118 Å². The van der Waals surface area contributed by atoms with Crippen LogP contribution >= 0.6 is 11.6 Å². The Morgan fingerprint density at radius 2 is 1.70 bits per heavy atom. The summed E-state index contributed by atoms with van der Waals surface area (Å²) in [7, 11) is 0. The molecule has 3 aromatic rings. The highest BCUT2D eigenvalue weighted by Gasteiger charge is 2.16. The van der Waals surface area contributed by atoms with E-state index in [1.165, 1.54) is 12.1 Å². The summed E-state index contributed by atoms with van der Waals surface area (Å²) in [6.07, 6.45) is 0. The minimum Gasteiger partial charge on any atom is -0.275 e. The number of aromatic nitrogens is 4. The van der Waals surface area contributed by atoms with Gasteiger partial charge in [0, 0.05) is 17.3 Å². The molecule has 0 aliphatic rings. The average Bonchev–Trinajstić information content (AvgIpc) is 2.80. The highest BCUT2D eigenvalue weighted by molar-refractivity contribution is 6.32. The molecule has 0 bridgehead atoms. The first-order valence-electron chi connectivity index (χ1n) is 5.81. The Morgan fingerprint density at radius 3 is 2.35 bits per heavy atom. The van der Waals surface area contributed by atoms with Gasteiger partial charge in [0.05, 0.1) is 5.69 Å². The fraction of sp³-hybridized carbons (Fsp3) is 0.154. The molecule has 2 aromatic heterocycles. The molecule has 4 nitrogen and oxygen atoms in total. The maximum absolute atomic E-state index is 13.3. The molecule has 0 spiro atoms. The van der Waals surface area contributed by atoms with Crippen molar-refractivity contribution in [2.75, 3.05) is 0 Å². The molecule has 0 atom stereocenters. The number of fused-ring (bicyclic) bond motifs is 1. The van der Waals surface area contributed by atoms with Gasteiger partial charge >= 0.3 is 0 Å². The van der Waals surface area contributed by atoms with Crippen molar-refractivity contribution in [1.29, 1.82) is 0 Å². The van der Waals surface area contributed by atoms with Gasteiger partial charge < -0.3 is 0 Å². The van der Waals surface area contributed by atoms with Gasteiger partial charge in [0.2, 0.25) is 0 Å². The molecule has 0 saturated carbocycles. The zero-order valence-electron chi connectivity index (χ0n) is 10.7. The fourth-order valence-corrected chi connectivity index (χ4v) is 2.29. The molecule has 1 aromatic carbocycles. The van der Waals surface area contributed by atoms with E-state index in [-0.39, 0.29) is 5.15 Å². The van der Waals surface area contributed by atoms with Gasteiger partial charge in [0.15, 0.2) is 16.6 Å². The second kappa shape index (κ2) is 4.49. The summed E-state index contributed by atoms with van der Waals surface area (Å²) in [5.41, 5.74) is 2.10. The standard InChI is InChI=1S/C13H9ClF2N4/c1-6-7(2)20-12(18-19-13(20)11(14)17-6)8-3-9(15)5-10(16)4-8/h3-5H,1-2H3. The van der Waals surface area contributed by atoms with Crippen LogP contribution in [0.4, 0.5) is 8.78 Å². The summed E-state index contributed by atoms with van der Waals surface area (Å²) in [5.74, 6) is -1.03. The monoisotopic (exact) mass is 294 g/mol. The van der Waals surface area contributed by atoms with E-state index in [1.54, 1.807) is 11.3 Å². The number of benzene rings is 1. The molecule has 0 N–H and O–H groups in total. The number of rotatable bonds is 1. The minimum atomic E-state index is -0.675. The highest BCUT2D eigenvalue weighted by Crippen LogP contribution is 2.25. The Morgan fingerprint density at radius 1 is 1.05 bits per heavy atom. The number of aryl methyl sites for hydroxylation is 2. The van der Waals surface area contributed by atoms with Crippen molar-refractivity contribution < 1.29 is 8.78 Å². The van der Waals surface area contributed by atoms with Crippen LogP contribution in [0, 0.1) is 25.5 Å². The van der Waals surface area contributed by atoms with Crippen LogP contribution in [-0.4, -0.2) is 19.6 Å². The molecular formula is C13H9ClF2N4. The van der Waals surface area contributed by atoms with Gasteiger partial charge in [-0.15, -0.1) is 10.2 Å². The van der Waals surface area contributed by atoms with Crippen molar-refractivity contribution in [2.45, 2.75) is 13.8 Å². The lowest BCUT2D eigenvalue weighted by atomic mass is 10.2. The molecule has 0 radical (unpaired) electrons. The van der Waals surface area contributed by atoms with Crippen molar-refractivity contribution in [2.24, 2.45) is 0 Å². The fourth-order valence-electron chi connectivity index (χ4n) is 2.05. The molecular weight excluding hydrogens is 286 g/mol. The van der Waals surface area contributed by atoms with Crippen LogP contribution in [0.3, 0.4) is 0 Å². The van der Waals surface area contributed by atoms with E-state index < -0.39 is 11.6 Å². The number of hydrogen-bond acceptors (Lipinski definition) is 3. The van der Waals surface area contributed by atoms with Crippen molar-refractivity contribution >= 4 is 17.2 Å². The zero-order chi connectivity index (χ0) is 14.4. The van der Waals surface area contributed by atoms with Gasteiger partial charge in [-0.25, -0.2) is 13.8 Å². The molecule has 7 heteroatoms. The van der Waals surface area contributed by atoms with Crippen molar-refractivity contribution in [1.82, 2.24) is 19.6 Å². The number of hydrogen-bond donors (Lipinski definition) is 0. The highest BCUT2D eigenvalue weighted by atomic mass is 35.5. The molecule has 102 valence electrons. The lowest BCUT2D eigenvalue weighted by Crippen LogP contribution is -2.01. The molecule has 0 saturated heterocycles. The summed E-state index contributed by atoms with van der Waals surface area (Å²) in [5, 5.41) is 8.09. The van der Waals surface area contributed by atoms with Gasteiger partial charge in [0.1, 0.15) is 11.6 Å². The van der Waals surface area contributed by atoms with Crippen molar-refractivity contribution in [3.8, 4) is 11.4 Å². The first kappa shape index (κ1) is 12.9. The predicted molar refractivity (Wildman–Crippen MR) is 70.6 cm³/mol. The van der Waals surface area contributed by atoms with E-state index in [4.69, 9.17) is 11.6 Å². The predicted octanol–water partition coefficient (Wildman–Crippen LogP) is 3.34. The Kier molecular flexibility index (Phi) is 2.90. The Hall–Kier alpha value is -2.08. The molecule has 0 amide bonds. The third-order valence-corrected chi connectivity index (χ3v) is 3.35. The van der Waals surface area contributed by atoms with E-state index in [9.17, 15) is 8.78 Å². The summed E-state index contributed by atoms with van der Waals surface area (Å²) in [6, 6.07) is 3.20. The van der Waals surface area contributed by atoms with Crippen LogP contribution in [0.1, 0.15) is 11.4 Å². The van der Waals surface area contributed by atoms with E-state index in [1.807, 2.05) is 6.92 Å². The SMILES string of the molecule is Cc1nc(Cl)c2nnc(-c3cc(F)cc(F)c3)n2c1C. The zero-order valence-corrected chi connectivity index (χ0v) is 11.4. The van der Waals surface area contributed by atoms with Crippen LogP contribution in [0.15, 0.2) is 18.2 Å². The normalized spacial score (nSPS) is 11.2. The summed E-state index contributed by atoms with van der Waals surface area (Å²) in [6.45, 7) is 3.60. The summed E-state index contributed by atoms with van der Waals surface area (Å²) < 4.78 is 28.3. The van der Waals surface area contributed by atoms with Gasteiger partial charge in [-0.3, -0.25) is 4.40 Å². The van der Waals surface area contributed by atoms with Gasteiger partial charge in [0.25, 0.3) is 0 Å². The maximum atomic E-state index is 13.3. The molecule has 3 rings (SSSR count). The van der Waals surface area contributed by atoms with E-state index in [2.05, 4.69) is 15.2 Å². The molecule has 20 heavy (non-hydrogen) atoms. The molecule has 0 aliphatic carbocycles. The molecule has 2 heterocycles. The van der Waals surface area contributed by atoms with E-state index in [0.29, 0.717) is 22.7 Å². The second-order valence-electron chi connectivity index (χ2n) is 4.41. The molecule has 0 aliphatic heterocycles. The quantitative estimate of drug-likeness (QED) is 0.691. The lowest BCUT2D eigenvalue weighted by molar-refractivity contribution is 0.584. The van der Waals surface area contributed by atoms with Crippen LogP contribution in [0.25, 0.3) is 17.0 Å². The van der Waals surface area contributed by atoms with Crippen molar-refractivity contribution in [3.63, 3.8) is 0 Å². The van der Waals surface area contributed by atoms with Crippen LogP contribution in [0.5, 0.6) is 0 Å². The van der Waals surface area contributed by atoms with E-state index >= 15 is 0 Å². The Bertz CT molecular complexity index is 809. The molecule has 0 unspecified atom stereocenters. The van der Waals surface area contributed by atoms with Crippen LogP contribution in [-0.2, 0) is 0 Å². The van der Waals surface area contributed by atoms with Crippen molar-refractivity contribution in [3.05, 3.63) is 46.4 Å². The first-order valence-corrected chi connectivity index (χ1v) is 6.19. The molecule has 0 fully saturated rings.